The minimum absolute atomic E-state index is 0.312. The van der Waals surface area contributed by atoms with E-state index in [4.69, 9.17) is 15.9 Å². The van der Waals surface area contributed by atoms with Crippen molar-refractivity contribution in [2.75, 3.05) is 19.8 Å². The summed E-state index contributed by atoms with van der Waals surface area (Å²) in [4.78, 5) is 0. The number of benzene rings is 1. The van der Waals surface area contributed by atoms with Gasteiger partial charge in [-0.05, 0) is 30.5 Å². The zero-order chi connectivity index (χ0) is 12.6. The van der Waals surface area contributed by atoms with Gasteiger partial charge in [-0.3, -0.25) is 0 Å². The molecule has 1 atom stereocenters. The summed E-state index contributed by atoms with van der Waals surface area (Å²) in [5.41, 5.74) is 1.20. The van der Waals surface area contributed by atoms with Crippen molar-refractivity contribution >= 4 is 0 Å². The molecule has 0 saturated carbocycles. The zero-order valence-corrected chi connectivity index (χ0v) is 10.5. The molecule has 0 bridgehead atoms. The van der Waals surface area contributed by atoms with Crippen molar-refractivity contribution in [3.8, 4) is 18.1 Å². The molecule has 1 aliphatic heterocycles. The Kier molecular flexibility index (Phi) is 5.07. The smallest absolute Gasteiger partial charge is 0.148 e. The molecule has 2 rings (SSSR count). The van der Waals surface area contributed by atoms with Gasteiger partial charge in [0, 0.05) is 19.7 Å². The maximum atomic E-state index is 5.56. The van der Waals surface area contributed by atoms with Crippen LogP contribution in [0.4, 0.5) is 0 Å². The fraction of sp³-hybridized carbons (Fsp3) is 0.467. The Hall–Kier alpha value is -1.50. The lowest BCUT2D eigenvalue weighted by atomic mass is 10.2. The number of terminal acetylenes is 1. The average molecular weight is 245 g/mol. The van der Waals surface area contributed by atoms with Crippen molar-refractivity contribution < 1.29 is 9.47 Å². The summed E-state index contributed by atoms with van der Waals surface area (Å²) in [5.74, 6) is 3.29. The molecule has 0 aromatic heterocycles. The van der Waals surface area contributed by atoms with E-state index in [0.29, 0.717) is 12.7 Å². The molecule has 1 N–H and O–H groups in total. The summed E-state index contributed by atoms with van der Waals surface area (Å²) in [7, 11) is 0. The van der Waals surface area contributed by atoms with Crippen LogP contribution in [0.15, 0.2) is 24.3 Å². The minimum Gasteiger partial charge on any atom is -0.481 e. The summed E-state index contributed by atoms with van der Waals surface area (Å²) >= 11 is 0. The SMILES string of the molecule is C#CCOc1cccc(CNC[C@H]2CCCO2)c1. The van der Waals surface area contributed by atoms with Gasteiger partial charge in [0.25, 0.3) is 0 Å². The summed E-state index contributed by atoms with van der Waals surface area (Å²) in [6.07, 6.45) is 7.89. The highest BCUT2D eigenvalue weighted by atomic mass is 16.5. The van der Waals surface area contributed by atoms with Crippen LogP contribution in [-0.2, 0) is 11.3 Å². The van der Waals surface area contributed by atoms with Crippen LogP contribution in [0, 0.1) is 12.3 Å². The van der Waals surface area contributed by atoms with Crippen LogP contribution in [0.2, 0.25) is 0 Å². The molecular weight excluding hydrogens is 226 g/mol. The van der Waals surface area contributed by atoms with Gasteiger partial charge in [-0.2, -0.15) is 0 Å². The number of rotatable bonds is 6. The molecule has 3 heteroatoms. The monoisotopic (exact) mass is 245 g/mol. The molecule has 0 spiro atoms. The third kappa shape index (κ3) is 4.06. The molecule has 0 amide bonds. The molecule has 0 unspecified atom stereocenters. The highest BCUT2D eigenvalue weighted by molar-refractivity contribution is 5.28. The van der Waals surface area contributed by atoms with E-state index in [1.165, 1.54) is 18.4 Å². The Balaban J connectivity index is 1.76. The predicted octanol–water partition coefficient (Wildman–Crippen LogP) is 1.97. The van der Waals surface area contributed by atoms with Crippen LogP contribution in [0.3, 0.4) is 0 Å². The van der Waals surface area contributed by atoms with Crippen LogP contribution in [0.1, 0.15) is 18.4 Å². The van der Waals surface area contributed by atoms with Crippen molar-refractivity contribution in [2.45, 2.75) is 25.5 Å². The summed E-state index contributed by atoms with van der Waals surface area (Å²) in [5, 5.41) is 3.41. The van der Waals surface area contributed by atoms with Crippen molar-refractivity contribution in [3.05, 3.63) is 29.8 Å². The second-order valence-corrected chi connectivity index (χ2v) is 4.41. The average Bonchev–Trinajstić information content (AvgIpc) is 2.90. The third-order valence-electron chi connectivity index (χ3n) is 2.95. The lowest BCUT2D eigenvalue weighted by molar-refractivity contribution is 0.110. The largest absolute Gasteiger partial charge is 0.481 e. The Morgan fingerprint density at radius 2 is 2.44 bits per heavy atom. The number of ether oxygens (including phenoxy) is 2. The van der Waals surface area contributed by atoms with E-state index in [0.717, 1.165) is 25.4 Å². The molecule has 3 nitrogen and oxygen atoms in total. The second kappa shape index (κ2) is 7.05. The van der Waals surface area contributed by atoms with Crippen molar-refractivity contribution in [2.24, 2.45) is 0 Å². The second-order valence-electron chi connectivity index (χ2n) is 4.41. The van der Waals surface area contributed by atoms with E-state index >= 15 is 0 Å². The molecule has 1 aromatic rings. The van der Waals surface area contributed by atoms with Gasteiger partial charge in [0.15, 0.2) is 0 Å². The topological polar surface area (TPSA) is 30.5 Å². The summed E-state index contributed by atoms with van der Waals surface area (Å²) in [6, 6.07) is 7.99. The van der Waals surface area contributed by atoms with Gasteiger partial charge >= 0.3 is 0 Å². The lowest BCUT2D eigenvalue weighted by Gasteiger charge is -2.11. The molecule has 18 heavy (non-hydrogen) atoms. The fourth-order valence-corrected chi connectivity index (χ4v) is 2.05. The molecule has 1 aliphatic rings. The predicted molar refractivity (Wildman–Crippen MR) is 71.5 cm³/mol. The molecule has 1 heterocycles. The van der Waals surface area contributed by atoms with Gasteiger partial charge in [0.05, 0.1) is 6.10 Å². The maximum absolute atomic E-state index is 5.56. The van der Waals surface area contributed by atoms with E-state index in [2.05, 4.69) is 17.3 Å². The van der Waals surface area contributed by atoms with Crippen molar-refractivity contribution in [1.29, 1.82) is 0 Å². The number of hydrogen-bond acceptors (Lipinski definition) is 3. The first kappa shape index (κ1) is 12.9. The van der Waals surface area contributed by atoms with E-state index in [1.54, 1.807) is 0 Å². The number of hydrogen-bond donors (Lipinski definition) is 1. The summed E-state index contributed by atoms with van der Waals surface area (Å²) in [6.45, 7) is 2.96. The fourth-order valence-electron chi connectivity index (χ4n) is 2.05. The Morgan fingerprint density at radius 3 is 3.22 bits per heavy atom. The van der Waals surface area contributed by atoms with Crippen LogP contribution < -0.4 is 10.1 Å². The van der Waals surface area contributed by atoms with E-state index < -0.39 is 0 Å². The van der Waals surface area contributed by atoms with Crippen molar-refractivity contribution in [3.63, 3.8) is 0 Å². The Morgan fingerprint density at radius 1 is 1.50 bits per heavy atom. The Bertz CT molecular complexity index is 405. The van der Waals surface area contributed by atoms with Crippen LogP contribution in [0.5, 0.6) is 5.75 Å². The number of nitrogens with one attached hydrogen (secondary N) is 1. The highest BCUT2D eigenvalue weighted by Gasteiger charge is 2.14. The normalized spacial score (nSPS) is 18.5. The van der Waals surface area contributed by atoms with Gasteiger partial charge in [0.2, 0.25) is 0 Å². The van der Waals surface area contributed by atoms with Crippen molar-refractivity contribution in [1.82, 2.24) is 5.32 Å². The van der Waals surface area contributed by atoms with Gasteiger partial charge in [-0.1, -0.05) is 18.1 Å². The first-order valence-electron chi connectivity index (χ1n) is 6.36. The molecule has 0 radical (unpaired) electrons. The first-order chi connectivity index (χ1) is 8.88. The van der Waals surface area contributed by atoms with Gasteiger partial charge < -0.3 is 14.8 Å². The molecule has 96 valence electrons. The molecular formula is C15H19NO2. The van der Waals surface area contributed by atoms with Crippen LogP contribution in [-0.4, -0.2) is 25.9 Å². The quantitative estimate of drug-likeness (QED) is 0.777. The first-order valence-corrected chi connectivity index (χ1v) is 6.36. The zero-order valence-electron chi connectivity index (χ0n) is 10.5. The summed E-state index contributed by atoms with van der Waals surface area (Å²) < 4.78 is 10.9. The Labute approximate surface area is 108 Å². The van der Waals surface area contributed by atoms with Gasteiger partial charge in [-0.25, -0.2) is 0 Å². The maximum Gasteiger partial charge on any atom is 0.148 e. The van der Waals surface area contributed by atoms with E-state index in [9.17, 15) is 0 Å². The minimum atomic E-state index is 0.312. The van der Waals surface area contributed by atoms with Crippen LogP contribution in [0.25, 0.3) is 0 Å². The third-order valence-corrected chi connectivity index (χ3v) is 2.95. The molecule has 1 aromatic carbocycles. The standard InChI is InChI=1S/C15H19NO2/c1-2-8-17-14-6-3-5-13(10-14)11-16-12-15-7-4-9-18-15/h1,3,5-6,10,15-16H,4,7-9,11-12H2/t15-/m1/s1. The molecule has 1 saturated heterocycles. The lowest BCUT2D eigenvalue weighted by Crippen LogP contribution is -2.25. The van der Waals surface area contributed by atoms with Gasteiger partial charge in [-0.15, -0.1) is 6.42 Å². The molecule has 0 aliphatic carbocycles. The van der Waals surface area contributed by atoms with Crippen LogP contribution >= 0.6 is 0 Å². The van der Waals surface area contributed by atoms with Gasteiger partial charge in [0.1, 0.15) is 12.4 Å². The highest BCUT2D eigenvalue weighted by Crippen LogP contribution is 2.14. The van der Waals surface area contributed by atoms with E-state index in [-0.39, 0.29) is 0 Å². The molecule has 1 fully saturated rings. The van der Waals surface area contributed by atoms with E-state index in [1.807, 2.05) is 18.2 Å².